The number of benzene rings is 1. The Morgan fingerprint density at radius 1 is 1.28 bits per heavy atom. The summed E-state index contributed by atoms with van der Waals surface area (Å²) >= 11 is 7.90. The highest BCUT2D eigenvalue weighted by atomic mass is 35.5. The van der Waals surface area contributed by atoms with Gasteiger partial charge in [0.15, 0.2) is 11.1 Å². The third-order valence-electron chi connectivity index (χ3n) is 5.52. The summed E-state index contributed by atoms with van der Waals surface area (Å²) in [6, 6.07) is 8.44. The zero-order valence-electron chi connectivity index (χ0n) is 16.9. The molecule has 1 unspecified atom stereocenters. The van der Waals surface area contributed by atoms with Crippen LogP contribution in [0.25, 0.3) is 0 Å². The third-order valence-corrected chi connectivity index (χ3v) is 6.70. The smallest absolute Gasteiger partial charge is 0.191 e. The van der Waals surface area contributed by atoms with Crippen molar-refractivity contribution in [1.82, 2.24) is 15.6 Å². The van der Waals surface area contributed by atoms with Gasteiger partial charge in [0.25, 0.3) is 0 Å². The second kappa shape index (κ2) is 9.67. The van der Waals surface area contributed by atoms with Crippen LogP contribution in [0.4, 0.5) is 10.8 Å². The highest BCUT2D eigenvalue weighted by Gasteiger charge is 2.23. The van der Waals surface area contributed by atoms with Crippen molar-refractivity contribution < 1.29 is 0 Å². The Morgan fingerprint density at radius 2 is 2.14 bits per heavy atom. The second-order valence-corrected chi connectivity index (χ2v) is 8.89. The fraction of sp³-hybridized carbons (Fsp3) is 0.524. The predicted molar refractivity (Wildman–Crippen MR) is 124 cm³/mol. The molecule has 2 saturated heterocycles. The van der Waals surface area contributed by atoms with Crippen LogP contribution < -0.4 is 20.4 Å². The molecule has 156 valence electrons. The first-order valence-electron chi connectivity index (χ1n) is 10.4. The lowest BCUT2D eigenvalue weighted by Gasteiger charge is -2.20. The number of halogens is 1. The minimum Gasteiger partial charge on any atom is -0.369 e. The summed E-state index contributed by atoms with van der Waals surface area (Å²) in [5.41, 5.74) is 2.34. The first kappa shape index (κ1) is 20.3. The number of hydrogen-bond acceptors (Lipinski definition) is 5. The summed E-state index contributed by atoms with van der Waals surface area (Å²) in [5.74, 6) is 0.859. The van der Waals surface area contributed by atoms with Crippen molar-refractivity contribution in [3.63, 3.8) is 0 Å². The molecule has 0 aliphatic carbocycles. The topological polar surface area (TPSA) is 55.8 Å². The van der Waals surface area contributed by atoms with Crippen LogP contribution in [0.5, 0.6) is 0 Å². The van der Waals surface area contributed by atoms with E-state index in [1.807, 2.05) is 25.2 Å². The number of thiazole rings is 1. The van der Waals surface area contributed by atoms with Crippen LogP contribution in [0.2, 0.25) is 5.02 Å². The van der Waals surface area contributed by atoms with E-state index < -0.39 is 0 Å². The third kappa shape index (κ3) is 5.34. The highest BCUT2D eigenvalue weighted by molar-refractivity contribution is 7.13. The summed E-state index contributed by atoms with van der Waals surface area (Å²) in [6.07, 6.45) is 4.56. The van der Waals surface area contributed by atoms with Gasteiger partial charge in [-0.3, -0.25) is 4.99 Å². The lowest BCUT2D eigenvalue weighted by atomic mass is 10.2. The summed E-state index contributed by atoms with van der Waals surface area (Å²) in [7, 11) is 1.83. The molecule has 2 aliphatic heterocycles. The lowest BCUT2D eigenvalue weighted by molar-refractivity contribution is 0.648. The second-order valence-electron chi connectivity index (χ2n) is 7.62. The number of hydrogen-bond donors (Lipinski definition) is 2. The van der Waals surface area contributed by atoms with Gasteiger partial charge >= 0.3 is 0 Å². The monoisotopic (exact) mass is 432 g/mol. The SMILES string of the molecule is CN=C(NCCc1csc(N2CCCC2)n1)NC1CCN(c2cccc(Cl)c2)C1. The molecule has 2 N–H and O–H groups in total. The zero-order valence-corrected chi connectivity index (χ0v) is 18.5. The molecular formula is C21H29ClN6S. The van der Waals surface area contributed by atoms with Crippen LogP contribution in [-0.4, -0.2) is 56.8 Å². The molecule has 1 aromatic heterocycles. The number of guanidine groups is 1. The van der Waals surface area contributed by atoms with E-state index in [1.54, 1.807) is 11.3 Å². The average Bonchev–Trinajstić information content (AvgIpc) is 3.48. The molecule has 2 fully saturated rings. The predicted octanol–water partition coefficient (Wildman–Crippen LogP) is 3.38. The molecule has 0 spiro atoms. The molecule has 6 nitrogen and oxygen atoms in total. The molecule has 3 heterocycles. The number of anilines is 2. The van der Waals surface area contributed by atoms with Gasteiger partial charge < -0.3 is 20.4 Å². The summed E-state index contributed by atoms with van der Waals surface area (Å²) in [6.45, 7) is 5.09. The van der Waals surface area contributed by atoms with Crippen molar-refractivity contribution in [2.24, 2.45) is 4.99 Å². The highest BCUT2D eigenvalue weighted by Crippen LogP contribution is 2.25. The fourth-order valence-electron chi connectivity index (χ4n) is 3.95. The van der Waals surface area contributed by atoms with Gasteiger partial charge in [-0.2, -0.15) is 0 Å². The van der Waals surface area contributed by atoms with Gasteiger partial charge in [-0.25, -0.2) is 4.98 Å². The van der Waals surface area contributed by atoms with Gasteiger partial charge in [-0.1, -0.05) is 17.7 Å². The Kier molecular flexibility index (Phi) is 6.77. The number of aliphatic imine (C=N–C) groups is 1. The first-order chi connectivity index (χ1) is 14.2. The van der Waals surface area contributed by atoms with Crippen LogP contribution >= 0.6 is 22.9 Å². The van der Waals surface area contributed by atoms with Gasteiger partial charge in [0.2, 0.25) is 0 Å². The molecule has 29 heavy (non-hydrogen) atoms. The Labute approximate surface area is 182 Å². The van der Waals surface area contributed by atoms with Gasteiger partial charge in [0, 0.05) is 68.3 Å². The first-order valence-corrected chi connectivity index (χ1v) is 11.6. The van der Waals surface area contributed by atoms with Crippen LogP contribution in [-0.2, 0) is 6.42 Å². The summed E-state index contributed by atoms with van der Waals surface area (Å²) in [5, 5.41) is 11.1. The number of aromatic nitrogens is 1. The van der Waals surface area contributed by atoms with E-state index >= 15 is 0 Å². The lowest BCUT2D eigenvalue weighted by Crippen LogP contribution is -2.45. The van der Waals surface area contributed by atoms with Crippen LogP contribution in [0.15, 0.2) is 34.6 Å². The Morgan fingerprint density at radius 3 is 2.93 bits per heavy atom. The van der Waals surface area contributed by atoms with Crippen LogP contribution in [0.3, 0.4) is 0 Å². The van der Waals surface area contributed by atoms with Gasteiger partial charge in [0.1, 0.15) is 0 Å². The van der Waals surface area contributed by atoms with Crippen molar-refractivity contribution in [3.8, 4) is 0 Å². The largest absolute Gasteiger partial charge is 0.369 e. The van der Waals surface area contributed by atoms with Gasteiger partial charge in [-0.15, -0.1) is 11.3 Å². The molecule has 0 saturated carbocycles. The van der Waals surface area contributed by atoms with E-state index in [0.29, 0.717) is 6.04 Å². The van der Waals surface area contributed by atoms with Crippen molar-refractivity contribution in [3.05, 3.63) is 40.4 Å². The van der Waals surface area contributed by atoms with E-state index in [0.717, 1.165) is 62.2 Å². The minimum atomic E-state index is 0.376. The molecule has 1 aromatic carbocycles. The zero-order chi connectivity index (χ0) is 20.1. The maximum atomic E-state index is 6.13. The molecule has 0 amide bonds. The molecule has 8 heteroatoms. The number of nitrogens with one attached hydrogen (secondary N) is 2. The maximum absolute atomic E-state index is 6.13. The Hall–Kier alpha value is -1.99. The van der Waals surface area contributed by atoms with Crippen LogP contribution in [0, 0.1) is 0 Å². The molecule has 0 radical (unpaired) electrons. The Bertz CT molecular complexity index is 832. The standard InChI is InChI=1S/C21H29ClN6S/c1-23-20(24-9-7-18-15-29-21(26-18)27-10-2-3-11-27)25-17-8-12-28(14-17)19-6-4-5-16(22)13-19/h4-6,13,15,17H,2-3,7-12,14H2,1H3,(H2,23,24,25). The van der Waals surface area contributed by atoms with E-state index in [-0.39, 0.29) is 0 Å². The fourth-order valence-corrected chi connectivity index (χ4v) is 5.05. The van der Waals surface area contributed by atoms with Crippen molar-refractivity contribution >= 4 is 39.7 Å². The van der Waals surface area contributed by atoms with E-state index in [4.69, 9.17) is 16.6 Å². The van der Waals surface area contributed by atoms with Crippen molar-refractivity contribution in [2.45, 2.75) is 31.7 Å². The minimum absolute atomic E-state index is 0.376. The van der Waals surface area contributed by atoms with Gasteiger partial charge in [0.05, 0.1) is 5.69 Å². The van der Waals surface area contributed by atoms with Gasteiger partial charge in [-0.05, 0) is 37.5 Å². The molecule has 2 aliphatic rings. The molecular weight excluding hydrogens is 404 g/mol. The quantitative estimate of drug-likeness (QED) is 0.541. The van der Waals surface area contributed by atoms with E-state index in [9.17, 15) is 0 Å². The number of nitrogens with zero attached hydrogens (tertiary/aromatic N) is 4. The van der Waals surface area contributed by atoms with Crippen molar-refractivity contribution in [2.75, 3.05) is 49.6 Å². The Balaban J connectivity index is 1.22. The van der Waals surface area contributed by atoms with E-state index in [2.05, 4.69) is 36.9 Å². The molecule has 0 bridgehead atoms. The molecule has 2 aromatic rings. The van der Waals surface area contributed by atoms with Crippen molar-refractivity contribution in [1.29, 1.82) is 0 Å². The average molecular weight is 433 g/mol. The summed E-state index contributed by atoms with van der Waals surface area (Å²) < 4.78 is 0. The summed E-state index contributed by atoms with van der Waals surface area (Å²) in [4.78, 5) is 14.0. The van der Waals surface area contributed by atoms with Crippen LogP contribution in [0.1, 0.15) is 25.0 Å². The maximum Gasteiger partial charge on any atom is 0.191 e. The molecule has 1 atom stereocenters. The molecule has 4 rings (SSSR count). The number of rotatable bonds is 6. The normalized spacial score (nSPS) is 19.8. The van der Waals surface area contributed by atoms with E-state index in [1.165, 1.54) is 23.7 Å².